The first-order valence-corrected chi connectivity index (χ1v) is 19.8. The van der Waals surface area contributed by atoms with Gasteiger partial charge in [-0.25, -0.2) is 0 Å². The third-order valence-corrected chi connectivity index (χ3v) is 8.36. The van der Waals surface area contributed by atoms with Gasteiger partial charge in [0.25, 0.3) is 0 Å². The summed E-state index contributed by atoms with van der Waals surface area (Å²) in [5.74, 6) is -1.70. The summed E-state index contributed by atoms with van der Waals surface area (Å²) >= 11 is 0. The fraction of sp³-hybridized carbons (Fsp3) is 0.842. The number of imide groups is 1. The van der Waals surface area contributed by atoms with Gasteiger partial charge in [0.1, 0.15) is 12.1 Å². The number of rotatable bonds is 39. The van der Waals surface area contributed by atoms with Crippen LogP contribution in [0, 0.1) is 17.8 Å². The van der Waals surface area contributed by atoms with Crippen LogP contribution in [-0.2, 0) is 66.7 Å². The van der Waals surface area contributed by atoms with Gasteiger partial charge >= 0.3 is 0 Å². The zero-order chi connectivity index (χ0) is 42.7. The molecule has 3 unspecified atom stereocenters. The van der Waals surface area contributed by atoms with E-state index in [0.29, 0.717) is 118 Å². The van der Waals surface area contributed by atoms with Crippen LogP contribution >= 0.6 is 0 Å². The predicted octanol–water partition coefficient (Wildman–Crippen LogP) is -0.186. The SMILES string of the molecule is CC(NC(=O)C(NC(=O)CCOCCOCCOCCOCCOCCOCCOCCOCCNC(=O)CCN(C=O)C(=O)CC(C)C(C)C)C(C)C)C(N)=O. The molecule has 0 aliphatic heterocycles. The van der Waals surface area contributed by atoms with E-state index in [1.807, 2.05) is 20.8 Å². The minimum atomic E-state index is -0.837. The zero-order valence-electron chi connectivity index (χ0n) is 35.1. The quantitative estimate of drug-likeness (QED) is 0.0465. The first-order valence-electron chi connectivity index (χ1n) is 19.8. The Morgan fingerprint density at radius 1 is 0.561 bits per heavy atom. The van der Waals surface area contributed by atoms with Crippen LogP contribution in [0.2, 0.25) is 0 Å². The molecule has 332 valence electrons. The van der Waals surface area contributed by atoms with Crippen molar-refractivity contribution in [2.75, 3.05) is 119 Å². The number of amides is 6. The Labute approximate surface area is 338 Å². The smallest absolute Gasteiger partial charge is 0.243 e. The largest absolute Gasteiger partial charge is 0.379 e. The second-order valence-electron chi connectivity index (χ2n) is 13.8. The molecule has 6 amide bonds. The van der Waals surface area contributed by atoms with Gasteiger partial charge in [-0.15, -0.1) is 0 Å². The highest BCUT2D eigenvalue weighted by molar-refractivity contribution is 5.91. The first-order chi connectivity index (χ1) is 27.3. The highest BCUT2D eigenvalue weighted by Gasteiger charge is 2.26. The summed E-state index contributed by atoms with van der Waals surface area (Å²) in [5, 5.41) is 7.86. The summed E-state index contributed by atoms with van der Waals surface area (Å²) in [6.45, 7) is 17.5. The van der Waals surface area contributed by atoms with Gasteiger partial charge in [-0.1, -0.05) is 34.6 Å². The predicted molar refractivity (Wildman–Crippen MR) is 209 cm³/mol. The Morgan fingerprint density at radius 3 is 1.37 bits per heavy atom. The Hall–Kier alpha value is -3.30. The number of nitrogens with zero attached hydrogens (tertiary/aromatic N) is 1. The molecule has 0 saturated carbocycles. The van der Waals surface area contributed by atoms with Crippen molar-refractivity contribution in [3.05, 3.63) is 0 Å². The maximum absolute atomic E-state index is 12.4. The van der Waals surface area contributed by atoms with Gasteiger partial charge in [-0.3, -0.25) is 33.7 Å². The number of primary amides is 1. The lowest BCUT2D eigenvalue weighted by Crippen LogP contribution is -2.54. The second-order valence-corrected chi connectivity index (χ2v) is 13.8. The van der Waals surface area contributed by atoms with Crippen LogP contribution < -0.4 is 21.7 Å². The highest BCUT2D eigenvalue weighted by Crippen LogP contribution is 2.15. The second kappa shape index (κ2) is 35.8. The fourth-order valence-corrected chi connectivity index (χ4v) is 4.40. The van der Waals surface area contributed by atoms with Crippen LogP contribution in [0.4, 0.5) is 0 Å². The van der Waals surface area contributed by atoms with E-state index in [2.05, 4.69) is 16.0 Å². The molecular weight excluding hydrogens is 750 g/mol. The molecule has 3 atom stereocenters. The number of hydrogen-bond acceptors (Lipinski definition) is 14. The van der Waals surface area contributed by atoms with Gasteiger partial charge in [0.2, 0.25) is 35.9 Å². The van der Waals surface area contributed by atoms with E-state index in [4.69, 9.17) is 43.6 Å². The van der Waals surface area contributed by atoms with Crippen LogP contribution in [0.3, 0.4) is 0 Å². The van der Waals surface area contributed by atoms with Crippen molar-refractivity contribution in [3.63, 3.8) is 0 Å². The first kappa shape index (κ1) is 53.7. The maximum atomic E-state index is 12.4. The van der Waals surface area contributed by atoms with Crippen LogP contribution in [0.25, 0.3) is 0 Å². The summed E-state index contributed by atoms with van der Waals surface area (Å²) in [6, 6.07) is -1.63. The number of nitrogens with one attached hydrogen (secondary N) is 3. The molecule has 5 N–H and O–H groups in total. The Bertz CT molecular complexity index is 1100. The standard InChI is InChI=1S/C38H71N5O14/c1-29(2)31(5)27-35(47)43(28-44)10-7-33(45)40-9-12-51-14-16-53-18-20-55-22-24-57-26-25-56-23-21-54-19-17-52-15-13-50-11-8-34(46)42-36(30(3)4)38(49)41-32(6)37(39)48/h28-32,36H,7-27H2,1-6H3,(H2,39,48)(H,40,45)(H,41,49)(H,42,46). The van der Waals surface area contributed by atoms with Gasteiger partial charge in [0, 0.05) is 32.4 Å². The lowest BCUT2D eigenvalue weighted by atomic mass is 9.94. The minimum absolute atomic E-state index is 0.0416. The molecule has 0 aromatic rings. The van der Waals surface area contributed by atoms with Crippen molar-refractivity contribution in [3.8, 4) is 0 Å². The van der Waals surface area contributed by atoms with Crippen LogP contribution in [-0.4, -0.2) is 172 Å². The molecule has 0 aromatic heterocycles. The topological polar surface area (TPSA) is 242 Å². The molecule has 0 heterocycles. The summed E-state index contributed by atoms with van der Waals surface area (Å²) in [6.07, 6.45) is 0.869. The number of ether oxygens (including phenoxy) is 8. The monoisotopic (exact) mass is 821 g/mol. The molecule has 19 heteroatoms. The number of carbonyl (C=O) groups is 6. The van der Waals surface area contributed by atoms with Crippen molar-refractivity contribution in [1.82, 2.24) is 20.9 Å². The molecule has 19 nitrogen and oxygen atoms in total. The van der Waals surface area contributed by atoms with E-state index in [9.17, 15) is 28.8 Å². The van der Waals surface area contributed by atoms with Crippen LogP contribution in [0.1, 0.15) is 60.8 Å². The van der Waals surface area contributed by atoms with E-state index >= 15 is 0 Å². The van der Waals surface area contributed by atoms with Crippen molar-refractivity contribution >= 4 is 35.9 Å². The molecule has 0 rings (SSSR count). The summed E-state index contributed by atoms with van der Waals surface area (Å²) in [5.41, 5.74) is 5.18. The average Bonchev–Trinajstić information content (AvgIpc) is 3.16. The van der Waals surface area contributed by atoms with E-state index in [1.54, 1.807) is 13.8 Å². The third-order valence-electron chi connectivity index (χ3n) is 8.36. The third kappa shape index (κ3) is 31.4. The molecule has 0 aliphatic rings. The van der Waals surface area contributed by atoms with E-state index in [-0.39, 0.29) is 62.0 Å². The van der Waals surface area contributed by atoms with Crippen molar-refractivity contribution in [2.45, 2.75) is 72.9 Å². The van der Waals surface area contributed by atoms with Gasteiger partial charge in [-0.2, -0.15) is 0 Å². The molecule has 0 bridgehead atoms. The minimum Gasteiger partial charge on any atom is -0.379 e. The molecule has 0 aromatic carbocycles. The number of nitrogens with two attached hydrogens (primary N) is 1. The Balaban J connectivity index is 3.48. The van der Waals surface area contributed by atoms with Crippen molar-refractivity contribution in [2.24, 2.45) is 23.5 Å². The van der Waals surface area contributed by atoms with Gasteiger partial charge < -0.3 is 59.6 Å². The molecule has 0 fully saturated rings. The van der Waals surface area contributed by atoms with E-state index in [1.165, 1.54) is 6.92 Å². The van der Waals surface area contributed by atoms with Crippen LogP contribution in [0.5, 0.6) is 0 Å². The Kier molecular flexibility index (Phi) is 33.8. The van der Waals surface area contributed by atoms with Gasteiger partial charge in [-0.05, 0) is 24.7 Å². The summed E-state index contributed by atoms with van der Waals surface area (Å²) in [7, 11) is 0. The number of hydrogen-bond donors (Lipinski definition) is 4. The van der Waals surface area contributed by atoms with E-state index in [0.717, 1.165) is 4.90 Å². The highest BCUT2D eigenvalue weighted by atomic mass is 16.6. The molecule has 57 heavy (non-hydrogen) atoms. The van der Waals surface area contributed by atoms with Gasteiger partial charge in [0.05, 0.1) is 106 Å². The average molecular weight is 822 g/mol. The van der Waals surface area contributed by atoms with Crippen molar-refractivity contribution < 1.29 is 66.7 Å². The lowest BCUT2D eigenvalue weighted by Gasteiger charge is -2.23. The van der Waals surface area contributed by atoms with Crippen LogP contribution in [0.15, 0.2) is 0 Å². The summed E-state index contributed by atoms with van der Waals surface area (Å²) in [4.78, 5) is 72.3. The molecule has 0 spiro atoms. The molecule has 0 radical (unpaired) electrons. The number of carbonyl (C=O) groups excluding carboxylic acids is 6. The zero-order valence-corrected chi connectivity index (χ0v) is 35.1. The normalized spacial score (nSPS) is 12.9. The molecular formula is C38H71N5O14. The van der Waals surface area contributed by atoms with Gasteiger partial charge in [0.15, 0.2) is 0 Å². The Morgan fingerprint density at radius 2 is 0.982 bits per heavy atom. The molecule has 0 aliphatic carbocycles. The van der Waals surface area contributed by atoms with E-state index < -0.39 is 23.9 Å². The molecule has 0 saturated heterocycles. The lowest BCUT2D eigenvalue weighted by molar-refractivity contribution is -0.139. The maximum Gasteiger partial charge on any atom is 0.243 e. The fourth-order valence-electron chi connectivity index (χ4n) is 4.40. The summed E-state index contributed by atoms with van der Waals surface area (Å²) < 4.78 is 43.6. The van der Waals surface area contributed by atoms with Crippen molar-refractivity contribution in [1.29, 1.82) is 0 Å².